The number of ether oxygens (including phenoxy) is 3. The predicted molar refractivity (Wildman–Crippen MR) is 75.2 cm³/mol. The molecule has 0 aliphatic rings. The summed E-state index contributed by atoms with van der Waals surface area (Å²) in [6.07, 6.45) is 1.88. The van der Waals surface area contributed by atoms with Crippen LogP contribution < -0.4 is 0 Å². The number of methoxy groups -OCH3 is 1. The van der Waals surface area contributed by atoms with Crippen LogP contribution in [0.1, 0.15) is 20.8 Å². The van der Waals surface area contributed by atoms with E-state index in [2.05, 4.69) is 9.64 Å². The quantitative estimate of drug-likeness (QED) is 0.324. The van der Waals surface area contributed by atoms with Crippen LogP contribution in [0.15, 0.2) is 11.6 Å². The van der Waals surface area contributed by atoms with Gasteiger partial charge in [0.15, 0.2) is 0 Å². The summed E-state index contributed by atoms with van der Waals surface area (Å²) in [5.74, 6) is -0.283. The Morgan fingerprint density at radius 2 is 1.63 bits per heavy atom. The van der Waals surface area contributed by atoms with Crippen molar-refractivity contribution in [1.82, 2.24) is 4.90 Å². The van der Waals surface area contributed by atoms with Gasteiger partial charge >= 0.3 is 5.97 Å². The first kappa shape index (κ1) is 18.1. The minimum absolute atomic E-state index is 0.283. The Bertz CT molecular complexity index is 256. The van der Waals surface area contributed by atoms with Gasteiger partial charge in [-0.05, 0) is 20.8 Å². The van der Waals surface area contributed by atoms with E-state index in [9.17, 15) is 4.79 Å². The molecule has 0 aliphatic heterocycles. The fourth-order valence-corrected chi connectivity index (χ4v) is 1.48. The Hall–Kier alpha value is -0.910. The largest absolute Gasteiger partial charge is 0.466 e. The van der Waals surface area contributed by atoms with Crippen LogP contribution in [-0.2, 0) is 19.0 Å². The molecule has 0 atom stereocenters. The Kier molecular flexibility index (Phi) is 11.6. The molecule has 0 aromatic heterocycles. The maximum Gasteiger partial charge on any atom is 0.333 e. The van der Waals surface area contributed by atoms with Crippen molar-refractivity contribution in [2.24, 2.45) is 0 Å². The first-order chi connectivity index (χ1) is 9.15. The van der Waals surface area contributed by atoms with Crippen LogP contribution in [0.25, 0.3) is 0 Å². The summed E-state index contributed by atoms with van der Waals surface area (Å²) >= 11 is 0. The second-order valence-electron chi connectivity index (χ2n) is 4.07. The summed E-state index contributed by atoms with van der Waals surface area (Å²) in [6, 6.07) is 0. The molecule has 0 bridgehead atoms. The van der Waals surface area contributed by atoms with E-state index in [1.54, 1.807) is 6.92 Å². The van der Waals surface area contributed by atoms with Crippen LogP contribution in [0.2, 0.25) is 0 Å². The second kappa shape index (κ2) is 12.1. The summed E-state index contributed by atoms with van der Waals surface area (Å²) < 4.78 is 15.4. The first-order valence-corrected chi connectivity index (χ1v) is 6.78. The average Bonchev–Trinajstić information content (AvgIpc) is 2.43. The fraction of sp³-hybridized carbons (Fsp3) is 0.786. The highest BCUT2D eigenvalue weighted by Crippen LogP contribution is 1.98. The Labute approximate surface area is 116 Å². The molecule has 0 rings (SSSR count). The highest BCUT2D eigenvalue weighted by atomic mass is 16.5. The van der Waals surface area contributed by atoms with E-state index in [0.717, 1.165) is 26.3 Å². The lowest BCUT2D eigenvalue weighted by atomic mass is 10.3. The first-order valence-electron chi connectivity index (χ1n) is 6.78. The van der Waals surface area contributed by atoms with Gasteiger partial charge in [-0.15, -0.1) is 0 Å². The van der Waals surface area contributed by atoms with Crippen molar-refractivity contribution >= 4 is 5.97 Å². The maximum atomic E-state index is 11.3. The SMILES string of the molecule is CCOCCN(C/C=C(/C)C(=O)OC)CCOCC. The van der Waals surface area contributed by atoms with E-state index in [0.29, 0.717) is 25.3 Å². The highest BCUT2D eigenvalue weighted by Gasteiger charge is 2.06. The smallest absolute Gasteiger partial charge is 0.333 e. The Balaban J connectivity index is 4.18. The van der Waals surface area contributed by atoms with Crippen LogP contribution in [0, 0.1) is 0 Å². The minimum Gasteiger partial charge on any atom is -0.466 e. The monoisotopic (exact) mass is 273 g/mol. The van der Waals surface area contributed by atoms with Crippen molar-refractivity contribution in [3.8, 4) is 0 Å². The molecule has 0 heterocycles. The number of rotatable bonds is 11. The normalized spacial score (nSPS) is 11.9. The second-order valence-corrected chi connectivity index (χ2v) is 4.07. The summed E-state index contributed by atoms with van der Waals surface area (Å²) in [4.78, 5) is 13.5. The van der Waals surface area contributed by atoms with Gasteiger partial charge in [0.05, 0.1) is 20.3 Å². The van der Waals surface area contributed by atoms with Crippen molar-refractivity contribution < 1.29 is 19.0 Å². The third-order valence-electron chi connectivity index (χ3n) is 2.67. The van der Waals surface area contributed by atoms with Crippen LogP contribution in [0.4, 0.5) is 0 Å². The van der Waals surface area contributed by atoms with Crippen LogP contribution in [-0.4, -0.2) is 64.0 Å². The molecule has 0 spiro atoms. The molecular formula is C14H27NO4. The molecule has 5 nitrogen and oxygen atoms in total. The molecule has 5 heteroatoms. The van der Waals surface area contributed by atoms with E-state index in [-0.39, 0.29) is 5.97 Å². The topological polar surface area (TPSA) is 48.0 Å². The highest BCUT2D eigenvalue weighted by molar-refractivity contribution is 5.87. The van der Waals surface area contributed by atoms with Gasteiger partial charge in [-0.3, -0.25) is 4.90 Å². The average molecular weight is 273 g/mol. The number of carbonyl (C=O) groups is 1. The van der Waals surface area contributed by atoms with Gasteiger partial charge in [0.25, 0.3) is 0 Å². The number of hydrogen-bond donors (Lipinski definition) is 0. The zero-order chi connectivity index (χ0) is 14.5. The van der Waals surface area contributed by atoms with Gasteiger partial charge in [-0.1, -0.05) is 6.08 Å². The van der Waals surface area contributed by atoms with Gasteiger partial charge in [0, 0.05) is 38.4 Å². The number of esters is 1. The standard InChI is InChI=1S/C14H27NO4/c1-5-18-11-9-15(10-12-19-6-2)8-7-13(3)14(16)17-4/h7H,5-6,8-12H2,1-4H3/b13-7-. The molecule has 0 aliphatic carbocycles. The van der Waals surface area contributed by atoms with Gasteiger partial charge in [-0.2, -0.15) is 0 Å². The van der Waals surface area contributed by atoms with Gasteiger partial charge in [-0.25, -0.2) is 4.79 Å². The van der Waals surface area contributed by atoms with E-state index >= 15 is 0 Å². The summed E-state index contributed by atoms with van der Waals surface area (Å²) in [6.45, 7) is 10.9. The molecule has 0 N–H and O–H groups in total. The molecular weight excluding hydrogens is 246 g/mol. The lowest BCUT2D eigenvalue weighted by Gasteiger charge is -2.20. The Morgan fingerprint density at radius 1 is 1.11 bits per heavy atom. The molecule has 0 unspecified atom stereocenters. The van der Waals surface area contributed by atoms with Crippen molar-refractivity contribution in [1.29, 1.82) is 0 Å². The summed E-state index contributed by atoms with van der Waals surface area (Å²) in [5, 5.41) is 0. The van der Waals surface area contributed by atoms with E-state index in [4.69, 9.17) is 9.47 Å². The molecule has 0 saturated heterocycles. The number of carbonyl (C=O) groups excluding carboxylic acids is 1. The lowest BCUT2D eigenvalue weighted by molar-refractivity contribution is -0.136. The number of nitrogens with zero attached hydrogens (tertiary/aromatic N) is 1. The molecule has 0 saturated carbocycles. The molecule has 0 aromatic rings. The van der Waals surface area contributed by atoms with Gasteiger partial charge < -0.3 is 14.2 Å². The van der Waals surface area contributed by atoms with Gasteiger partial charge in [0.1, 0.15) is 0 Å². The molecule has 112 valence electrons. The maximum absolute atomic E-state index is 11.3. The van der Waals surface area contributed by atoms with E-state index in [1.807, 2.05) is 19.9 Å². The zero-order valence-corrected chi connectivity index (χ0v) is 12.6. The predicted octanol–water partition coefficient (Wildman–Crippen LogP) is 1.48. The van der Waals surface area contributed by atoms with Crippen molar-refractivity contribution in [3.05, 3.63) is 11.6 Å². The third kappa shape index (κ3) is 9.64. The van der Waals surface area contributed by atoms with Crippen LogP contribution >= 0.6 is 0 Å². The molecule has 19 heavy (non-hydrogen) atoms. The lowest BCUT2D eigenvalue weighted by Crippen LogP contribution is -2.31. The molecule has 0 aromatic carbocycles. The molecule has 0 radical (unpaired) electrons. The van der Waals surface area contributed by atoms with Crippen LogP contribution in [0.5, 0.6) is 0 Å². The van der Waals surface area contributed by atoms with Crippen molar-refractivity contribution in [3.63, 3.8) is 0 Å². The fourth-order valence-electron chi connectivity index (χ4n) is 1.48. The molecule has 0 amide bonds. The zero-order valence-electron chi connectivity index (χ0n) is 12.6. The number of hydrogen-bond acceptors (Lipinski definition) is 5. The third-order valence-corrected chi connectivity index (χ3v) is 2.67. The van der Waals surface area contributed by atoms with Gasteiger partial charge in [0.2, 0.25) is 0 Å². The molecule has 0 fully saturated rings. The van der Waals surface area contributed by atoms with Crippen molar-refractivity contribution in [2.45, 2.75) is 20.8 Å². The van der Waals surface area contributed by atoms with Crippen molar-refractivity contribution in [2.75, 3.05) is 53.2 Å². The Morgan fingerprint density at radius 3 is 2.05 bits per heavy atom. The van der Waals surface area contributed by atoms with E-state index in [1.165, 1.54) is 7.11 Å². The van der Waals surface area contributed by atoms with Crippen LogP contribution in [0.3, 0.4) is 0 Å². The minimum atomic E-state index is -0.283. The summed E-state index contributed by atoms with van der Waals surface area (Å²) in [5.41, 5.74) is 0.625. The summed E-state index contributed by atoms with van der Waals surface area (Å²) in [7, 11) is 1.39. The van der Waals surface area contributed by atoms with E-state index < -0.39 is 0 Å².